The second-order valence-corrected chi connectivity index (χ2v) is 4.13. The lowest BCUT2D eigenvalue weighted by molar-refractivity contribution is -0.137. The average molecular weight is 244 g/mol. The monoisotopic (exact) mass is 244 g/mol. The number of hydrogen-bond acceptors (Lipinski definition) is 2. The van der Waals surface area contributed by atoms with Crippen molar-refractivity contribution in [1.29, 1.82) is 0 Å². The number of aliphatic carboxylic acids is 1. The van der Waals surface area contributed by atoms with Gasteiger partial charge in [-0.05, 0) is 13.3 Å². The fourth-order valence-electron chi connectivity index (χ4n) is 1.56. The van der Waals surface area contributed by atoms with Crippen LogP contribution in [0.3, 0.4) is 0 Å². The van der Waals surface area contributed by atoms with Crippen molar-refractivity contribution in [3.63, 3.8) is 0 Å². The Balaban J connectivity index is 4.08. The number of carbonyl (C=O) groups is 2. The molecule has 0 aliphatic carbocycles. The van der Waals surface area contributed by atoms with Gasteiger partial charge in [-0.2, -0.15) is 0 Å². The topological polar surface area (TPSA) is 60.9 Å². The van der Waals surface area contributed by atoms with Gasteiger partial charge in [0.25, 0.3) is 0 Å². The van der Waals surface area contributed by atoms with Crippen molar-refractivity contribution in [1.82, 2.24) is 9.80 Å². The summed E-state index contributed by atoms with van der Waals surface area (Å²) >= 11 is 0. The molecule has 0 aliphatic rings. The number of carboxylic acid groups (broad SMARTS) is 1. The highest BCUT2D eigenvalue weighted by molar-refractivity contribution is 5.75. The Morgan fingerprint density at radius 2 is 1.76 bits per heavy atom. The summed E-state index contributed by atoms with van der Waals surface area (Å²) in [5.74, 6) is -0.870. The molecule has 1 N–H and O–H groups in total. The molecule has 2 amide bonds. The molecule has 17 heavy (non-hydrogen) atoms. The third-order valence-corrected chi connectivity index (χ3v) is 2.67. The standard InChI is InChI=1S/C12H24N2O3/c1-4-6-7-9-13(3)12(17)14(5-2)10-8-11(15)16/h4-10H2,1-3H3,(H,15,16). The maximum Gasteiger partial charge on any atom is 0.319 e. The Morgan fingerprint density at radius 3 is 2.24 bits per heavy atom. The zero-order chi connectivity index (χ0) is 13.3. The molecule has 0 saturated heterocycles. The molecule has 0 bridgehead atoms. The molecule has 0 radical (unpaired) electrons. The second-order valence-electron chi connectivity index (χ2n) is 4.13. The minimum atomic E-state index is -0.870. The number of unbranched alkanes of at least 4 members (excludes halogenated alkanes) is 2. The molecular weight excluding hydrogens is 220 g/mol. The summed E-state index contributed by atoms with van der Waals surface area (Å²) < 4.78 is 0. The quantitative estimate of drug-likeness (QED) is 0.664. The summed E-state index contributed by atoms with van der Waals surface area (Å²) in [5.41, 5.74) is 0. The molecule has 0 aromatic heterocycles. The third-order valence-electron chi connectivity index (χ3n) is 2.67. The van der Waals surface area contributed by atoms with E-state index in [1.807, 2.05) is 6.92 Å². The summed E-state index contributed by atoms with van der Waals surface area (Å²) in [6, 6.07) is -0.0788. The van der Waals surface area contributed by atoms with Gasteiger partial charge in [0, 0.05) is 26.7 Å². The van der Waals surface area contributed by atoms with Gasteiger partial charge in [-0.15, -0.1) is 0 Å². The number of urea groups is 1. The molecular formula is C12H24N2O3. The molecule has 0 rings (SSSR count). The fraction of sp³-hybridized carbons (Fsp3) is 0.833. The number of rotatable bonds is 8. The van der Waals surface area contributed by atoms with Crippen LogP contribution in [0.4, 0.5) is 4.79 Å². The van der Waals surface area contributed by atoms with Crippen molar-refractivity contribution >= 4 is 12.0 Å². The van der Waals surface area contributed by atoms with Gasteiger partial charge in [0.1, 0.15) is 0 Å². The Morgan fingerprint density at radius 1 is 1.12 bits per heavy atom. The molecule has 0 saturated carbocycles. The zero-order valence-corrected chi connectivity index (χ0v) is 11.1. The van der Waals surface area contributed by atoms with Gasteiger partial charge in [-0.25, -0.2) is 4.79 Å². The maximum absolute atomic E-state index is 11.9. The molecule has 0 unspecified atom stereocenters. The van der Waals surface area contributed by atoms with Crippen molar-refractivity contribution < 1.29 is 14.7 Å². The normalized spacial score (nSPS) is 10.1. The SMILES string of the molecule is CCCCCN(C)C(=O)N(CC)CCC(=O)O. The predicted molar refractivity (Wildman–Crippen MR) is 67.1 cm³/mol. The van der Waals surface area contributed by atoms with Crippen molar-refractivity contribution in [3.05, 3.63) is 0 Å². The Hall–Kier alpha value is -1.26. The molecule has 5 nitrogen and oxygen atoms in total. The van der Waals surface area contributed by atoms with E-state index >= 15 is 0 Å². The number of amides is 2. The average Bonchev–Trinajstić information content (AvgIpc) is 2.29. The Labute approximate surface area is 103 Å². The summed E-state index contributed by atoms with van der Waals surface area (Å²) in [7, 11) is 1.77. The minimum Gasteiger partial charge on any atom is -0.481 e. The van der Waals surface area contributed by atoms with Crippen LogP contribution in [0, 0.1) is 0 Å². The van der Waals surface area contributed by atoms with E-state index in [4.69, 9.17) is 5.11 Å². The first-order valence-corrected chi connectivity index (χ1v) is 6.24. The van der Waals surface area contributed by atoms with Crippen LogP contribution in [0.5, 0.6) is 0 Å². The van der Waals surface area contributed by atoms with Gasteiger partial charge < -0.3 is 14.9 Å². The van der Waals surface area contributed by atoms with E-state index in [1.54, 1.807) is 16.8 Å². The van der Waals surface area contributed by atoms with Crippen LogP contribution in [-0.2, 0) is 4.79 Å². The van der Waals surface area contributed by atoms with E-state index in [0.717, 1.165) is 25.8 Å². The van der Waals surface area contributed by atoms with E-state index in [0.29, 0.717) is 6.54 Å². The summed E-state index contributed by atoms with van der Waals surface area (Å²) in [6.07, 6.45) is 3.23. The lowest BCUT2D eigenvalue weighted by Gasteiger charge is -2.26. The van der Waals surface area contributed by atoms with Gasteiger partial charge in [0.15, 0.2) is 0 Å². The highest BCUT2D eigenvalue weighted by Gasteiger charge is 2.16. The van der Waals surface area contributed by atoms with Gasteiger partial charge >= 0.3 is 12.0 Å². The van der Waals surface area contributed by atoms with Crippen molar-refractivity contribution in [2.45, 2.75) is 39.5 Å². The van der Waals surface area contributed by atoms with E-state index in [1.165, 1.54) is 0 Å². The van der Waals surface area contributed by atoms with Crippen LogP contribution in [0.2, 0.25) is 0 Å². The summed E-state index contributed by atoms with van der Waals surface area (Å²) in [5, 5.41) is 8.60. The van der Waals surface area contributed by atoms with Gasteiger partial charge in [0.2, 0.25) is 0 Å². The first-order valence-electron chi connectivity index (χ1n) is 6.24. The van der Waals surface area contributed by atoms with Crippen molar-refractivity contribution in [3.8, 4) is 0 Å². The lowest BCUT2D eigenvalue weighted by atomic mass is 10.2. The first-order chi connectivity index (χ1) is 8.02. The molecule has 5 heteroatoms. The lowest BCUT2D eigenvalue weighted by Crippen LogP contribution is -2.42. The maximum atomic E-state index is 11.9. The van der Waals surface area contributed by atoms with Crippen molar-refractivity contribution in [2.24, 2.45) is 0 Å². The number of carbonyl (C=O) groups excluding carboxylic acids is 1. The van der Waals surface area contributed by atoms with Crippen LogP contribution < -0.4 is 0 Å². The van der Waals surface area contributed by atoms with Crippen molar-refractivity contribution in [2.75, 3.05) is 26.7 Å². The molecule has 0 spiro atoms. The van der Waals surface area contributed by atoms with Crippen LogP contribution in [0.25, 0.3) is 0 Å². The third kappa shape index (κ3) is 6.81. The Kier molecular flexibility index (Phi) is 8.19. The highest BCUT2D eigenvalue weighted by Crippen LogP contribution is 2.02. The first kappa shape index (κ1) is 15.7. The largest absolute Gasteiger partial charge is 0.481 e. The van der Waals surface area contributed by atoms with E-state index in [-0.39, 0.29) is 19.0 Å². The van der Waals surface area contributed by atoms with Crippen LogP contribution in [0.15, 0.2) is 0 Å². The Bertz CT molecular complexity index is 244. The van der Waals surface area contributed by atoms with E-state index < -0.39 is 5.97 Å². The number of carboxylic acids is 1. The molecule has 0 fully saturated rings. The summed E-state index contributed by atoms with van der Waals surface area (Å²) in [6.45, 7) is 5.54. The van der Waals surface area contributed by atoms with E-state index in [9.17, 15) is 9.59 Å². The molecule has 0 aromatic rings. The van der Waals surface area contributed by atoms with Crippen LogP contribution >= 0.6 is 0 Å². The minimum absolute atomic E-state index is 0.00236. The van der Waals surface area contributed by atoms with Crippen LogP contribution in [0.1, 0.15) is 39.5 Å². The second kappa shape index (κ2) is 8.84. The fourth-order valence-corrected chi connectivity index (χ4v) is 1.56. The molecule has 0 aliphatic heterocycles. The van der Waals surface area contributed by atoms with Gasteiger partial charge in [-0.3, -0.25) is 4.79 Å². The molecule has 0 heterocycles. The molecule has 0 atom stereocenters. The molecule has 100 valence electrons. The highest BCUT2D eigenvalue weighted by atomic mass is 16.4. The smallest absolute Gasteiger partial charge is 0.319 e. The number of hydrogen-bond donors (Lipinski definition) is 1. The zero-order valence-electron chi connectivity index (χ0n) is 11.1. The van der Waals surface area contributed by atoms with Gasteiger partial charge in [0.05, 0.1) is 6.42 Å². The molecule has 0 aromatic carbocycles. The van der Waals surface area contributed by atoms with E-state index in [2.05, 4.69) is 6.92 Å². The predicted octanol–water partition coefficient (Wildman–Crippen LogP) is 2.02. The number of nitrogens with zero attached hydrogens (tertiary/aromatic N) is 2. The van der Waals surface area contributed by atoms with Gasteiger partial charge in [-0.1, -0.05) is 19.8 Å². The van der Waals surface area contributed by atoms with Crippen LogP contribution in [-0.4, -0.2) is 53.6 Å². The summed E-state index contributed by atoms with van der Waals surface area (Å²) in [4.78, 5) is 25.6.